The van der Waals surface area contributed by atoms with Gasteiger partial charge in [0.1, 0.15) is 5.75 Å². The molecule has 2 aromatic carbocycles. The van der Waals surface area contributed by atoms with Gasteiger partial charge >= 0.3 is 0 Å². The summed E-state index contributed by atoms with van der Waals surface area (Å²) in [7, 11) is 1.66. The molecule has 0 spiro atoms. The lowest BCUT2D eigenvalue weighted by molar-refractivity contribution is 0.407. The fourth-order valence-electron chi connectivity index (χ4n) is 2.57. The van der Waals surface area contributed by atoms with E-state index in [1.807, 2.05) is 25.1 Å². The van der Waals surface area contributed by atoms with Crippen LogP contribution < -0.4 is 4.74 Å². The van der Waals surface area contributed by atoms with Crippen molar-refractivity contribution in [2.75, 3.05) is 7.11 Å². The second-order valence-electron chi connectivity index (χ2n) is 5.30. The molecule has 21 heavy (non-hydrogen) atoms. The van der Waals surface area contributed by atoms with E-state index in [4.69, 9.17) is 4.74 Å². The minimum atomic E-state index is -0.108. The van der Waals surface area contributed by atoms with Gasteiger partial charge in [0.2, 0.25) is 0 Å². The van der Waals surface area contributed by atoms with Crippen LogP contribution >= 0.6 is 0 Å². The topological polar surface area (TPSA) is 33.0 Å². The van der Waals surface area contributed by atoms with Gasteiger partial charge in [-0.3, -0.25) is 0 Å². The van der Waals surface area contributed by atoms with Crippen LogP contribution in [0.5, 0.6) is 5.75 Å². The first-order valence-corrected chi connectivity index (χ1v) is 7.32. The van der Waals surface area contributed by atoms with Crippen LogP contribution in [-0.2, 0) is 6.42 Å². The Morgan fingerprint density at radius 3 is 2.57 bits per heavy atom. The zero-order valence-electron chi connectivity index (χ0n) is 12.7. The van der Waals surface area contributed by atoms with Gasteiger partial charge in [-0.1, -0.05) is 48.0 Å². The average molecular weight is 279 g/mol. The predicted molar refractivity (Wildman–Crippen MR) is 85.5 cm³/mol. The van der Waals surface area contributed by atoms with E-state index in [1.165, 1.54) is 5.56 Å². The molecule has 0 saturated heterocycles. The van der Waals surface area contributed by atoms with E-state index >= 15 is 0 Å². The van der Waals surface area contributed by atoms with E-state index in [0.717, 1.165) is 36.1 Å². The van der Waals surface area contributed by atoms with E-state index in [1.54, 1.807) is 7.11 Å². The molecular formula is C19H21NO. The van der Waals surface area contributed by atoms with Crippen molar-refractivity contribution in [3.8, 4) is 11.8 Å². The van der Waals surface area contributed by atoms with Crippen LogP contribution in [0.4, 0.5) is 0 Å². The molecule has 0 heterocycles. The Kier molecular flexibility index (Phi) is 5.40. The maximum absolute atomic E-state index is 9.48. The van der Waals surface area contributed by atoms with Crippen LogP contribution in [0.3, 0.4) is 0 Å². The van der Waals surface area contributed by atoms with Crippen molar-refractivity contribution in [3.05, 3.63) is 65.2 Å². The molecule has 0 aromatic heterocycles. The van der Waals surface area contributed by atoms with E-state index < -0.39 is 0 Å². The highest BCUT2D eigenvalue weighted by Crippen LogP contribution is 2.30. The molecule has 0 aliphatic rings. The van der Waals surface area contributed by atoms with Crippen molar-refractivity contribution in [2.24, 2.45) is 0 Å². The number of nitrogens with zero attached hydrogens (tertiary/aromatic N) is 1. The van der Waals surface area contributed by atoms with Gasteiger partial charge in [0.25, 0.3) is 0 Å². The van der Waals surface area contributed by atoms with Crippen LogP contribution in [0.25, 0.3) is 0 Å². The molecule has 0 aliphatic heterocycles. The maximum atomic E-state index is 9.48. The van der Waals surface area contributed by atoms with Crippen LogP contribution in [-0.4, -0.2) is 7.11 Å². The Morgan fingerprint density at radius 2 is 1.90 bits per heavy atom. The Hall–Kier alpha value is -2.27. The van der Waals surface area contributed by atoms with Crippen molar-refractivity contribution in [3.63, 3.8) is 0 Å². The Morgan fingerprint density at radius 1 is 1.14 bits per heavy atom. The van der Waals surface area contributed by atoms with Crippen molar-refractivity contribution >= 4 is 0 Å². The standard InChI is InChI=1S/C19H21NO/c1-15-11-12-19(21-2)18(13-15)17(14-20)10-6-9-16-7-4-3-5-8-16/h3-5,7-8,11-13,17H,6,9-10H2,1-2H3. The van der Waals surface area contributed by atoms with Gasteiger partial charge in [-0.2, -0.15) is 5.26 Å². The summed E-state index contributed by atoms with van der Waals surface area (Å²) in [6.45, 7) is 2.04. The summed E-state index contributed by atoms with van der Waals surface area (Å²) in [6, 6.07) is 18.9. The lowest BCUT2D eigenvalue weighted by atomic mass is 9.92. The molecule has 0 bridgehead atoms. The maximum Gasteiger partial charge on any atom is 0.123 e. The average Bonchev–Trinajstić information content (AvgIpc) is 2.52. The minimum absolute atomic E-state index is 0.108. The predicted octanol–water partition coefficient (Wildman–Crippen LogP) is 4.63. The first-order chi connectivity index (χ1) is 10.2. The summed E-state index contributed by atoms with van der Waals surface area (Å²) in [5.74, 6) is 0.704. The van der Waals surface area contributed by atoms with Gasteiger partial charge in [-0.15, -0.1) is 0 Å². The number of aryl methyl sites for hydroxylation is 2. The Labute approximate surface area is 127 Å². The smallest absolute Gasteiger partial charge is 0.123 e. The monoisotopic (exact) mass is 279 g/mol. The molecule has 0 aliphatic carbocycles. The third kappa shape index (κ3) is 4.10. The first-order valence-electron chi connectivity index (χ1n) is 7.32. The lowest BCUT2D eigenvalue weighted by Crippen LogP contribution is -2.01. The van der Waals surface area contributed by atoms with E-state index in [9.17, 15) is 5.26 Å². The fraction of sp³-hybridized carbons (Fsp3) is 0.316. The molecule has 1 atom stereocenters. The Balaban J connectivity index is 2.03. The van der Waals surface area contributed by atoms with Crippen LogP contribution in [0, 0.1) is 18.3 Å². The highest BCUT2D eigenvalue weighted by Gasteiger charge is 2.15. The molecule has 108 valence electrons. The third-order valence-corrected chi connectivity index (χ3v) is 3.72. The summed E-state index contributed by atoms with van der Waals surface area (Å²) in [5.41, 5.74) is 3.49. The number of hydrogen-bond donors (Lipinski definition) is 0. The van der Waals surface area contributed by atoms with Crippen molar-refractivity contribution in [1.82, 2.24) is 0 Å². The van der Waals surface area contributed by atoms with Crippen molar-refractivity contribution < 1.29 is 4.74 Å². The molecule has 0 saturated carbocycles. The molecular weight excluding hydrogens is 258 g/mol. The second-order valence-corrected chi connectivity index (χ2v) is 5.30. The lowest BCUT2D eigenvalue weighted by Gasteiger charge is -2.14. The van der Waals surface area contributed by atoms with Gasteiger partial charge in [0.05, 0.1) is 19.1 Å². The van der Waals surface area contributed by atoms with Crippen LogP contribution in [0.1, 0.15) is 35.4 Å². The summed E-state index contributed by atoms with van der Waals surface area (Å²) >= 11 is 0. The highest BCUT2D eigenvalue weighted by atomic mass is 16.5. The molecule has 0 fully saturated rings. The summed E-state index contributed by atoms with van der Waals surface area (Å²) in [4.78, 5) is 0. The largest absolute Gasteiger partial charge is 0.496 e. The second kappa shape index (κ2) is 7.50. The summed E-state index contributed by atoms with van der Waals surface area (Å²) in [6.07, 6.45) is 2.86. The molecule has 2 rings (SSSR count). The zero-order valence-corrected chi connectivity index (χ0v) is 12.7. The molecule has 2 nitrogen and oxygen atoms in total. The highest BCUT2D eigenvalue weighted by molar-refractivity contribution is 5.41. The number of ether oxygens (including phenoxy) is 1. The minimum Gasteiger partial charge on any atom is -0.496 e. The van der Waals surface area contributed by atoms with Gasteiger partial charge in [-0.05, 0) is 37.8 Å². The van der Waals surface area contributed by atoms with Gasteiger partial charge in [0, 0.05) is 5.56 Å². The van der Waals surface area contributed by atoms with E-state index in [-0.39, 0.29) is 5.92 Å². The number of hydrogen-bond acceptors (Lipinski definition) is 2. The van der Waals surface area contributed by atoms with Crippen molar-refractivity contribution in [2.45, 2.75) is 32.1 Å². The van der Waals surface area contributed by atoms with E-state index in [0.29, 0.717) is 0 Å². The summed E-state index contributed by atoms with van der Waals surface area (Å²) < 4.78 is 5.40. The number of methoxy groups -OCH3 is 1. The Bertz CT molecular complexity index is 613. The van der Waals surface area contributed by atoms with E-state index in [2.05, 4.69) is 36.4 Å². The molecule has 0 N–H and O–H groups in total. The van der Waals surface area contributed by atoms with Gasteiger partial charge < -0.3 is 4.74 Å². The zero-order chi connectivity index (χ0) is 15.1. The number of benzene rings is 2. The van der Waals surface area contributed by atoms with Crippen LogP contribution in [0.15, 0.2) is 48.5 Å². The molecule has 2 heteroatoms. The first kappa shape index (κ1) is 15.1. The fourth-order valence-corrected chi connectivity index (χ4v) is 2.57. The number of rotatable bonds is 6. The van der Waals surface area contributed by atoms with Crippen molar-refractivity contribution in [1.29, 1.82) is 5.26 Å². The van der Waals surface area contributed by atoms with Gasteiger partial charge in [0.15, 0.2) is 0 Å². The normalized spacial score (nSPS) is 11.7. The summed E-state index contributed by atoms with van der Waals surface area (Å²) in [5, 5.41) is 9.48. The van der Waals surface area contributed by atoms with Gasteiger partial charge in [-0.25, -0.2) is 0 Å². The molecule has 1 unspecified atom stereocenters. The van der Waals surface area contributed by atoms with Crippen LogP contribution in [0.2, 0.25) is 0 Å². The number of nitriles is 1. The molecule has 0 amide bonds. The molecule has 0 radical (unpaired) electrons. The third-order valence-electron chi connectivity index (χ3n) is 3.72. The molecule has 2 aromatic rings. The quantitative estimate of drug-likeness (QED) is 0.772. The SMILES string of the molecule is COc1ccc(C)cc1C(C#N)CCCc1ccccc1.